The monoisotopic (exact) mass is 387 g/mol. The highest BCUT2D eigenvalue weighted by molar-refractivity contribution is 7.20. The van der Waals surface area contributed by atoms with Crippen molar-refractivity contribution in [3.8, 4) is 0 Å². The van der Waals surface area contributed by atoms with Crippen molar-refractivity contribution in [2.24, 2.45) is 0 Å². The fraction of sp³-hybridized carbons (Fsp3) is 0.0556. The van der Waals surface area contributed by atoms with E-state index in [-0.39, 0.29) is 12.1 Å². The second kappa shape index (κ2) is 7.99. The predicted molar refractivity (Wildman–Crippen MR) is 103 cm³/mol. The number of rotatable bonds is 4. The lowest BCUT2D eigenvalue weighted by Gasteiger charge is -2.06. The first kappa shape index (κ1) is 17.9. The molecule has 8 heteroatoms. The van der Waals surface area contributed by atoms with Crippen molar-refractivity contribution in [3.63, 3.8) is 0 Å². The molecule has 6 nitrogen and oxygen atoms in total. The number of hydrogen-bond donors (Lipinski definition) is 2. The maximum Gasteiger partial charge on any atom is 0.262 e. The first-order chi connectivity index (χ1) is 12.5. The third kappa shape index (κ3) is 4.19. The fourth-order valence-corrected chi connectivity index (χ4v) is 3.65. The highest BCUT2D eigenvalue weighted by atomic mass is 35.5. The molecule has 26 heavy (non-hydrogen) atoms. The Balaban J connectivity index is 1.57. The number of fused-ring (bicyclic) bond motifs is 1. The zero-order valence-corrected chi connectivity index (χ0v) is 15.0. The van der Waals surface area contributed by atoms with Crippen LogP contribution in [-0.2, 0) is 16.1 Å². The number of nitrogens with zero attached hydrogens (tertiary/aromatic N) is 1. The van der Waals surface area contributed by atoms with Crippen molar-refractivity contribution in [1.82, 2.24) is 15.4 Å². The van der Waals surface area contributed by atoms with E-state index in [4.69, 9.17) is 11.6 Å². The lowest BCUT2D eigenvalue weighted by molar-refractivity contribution is -0.127. The van der Waals surface area contributed by atoms with Gasteiger partial charge in [0.05, 0.1) is 5.02 Å². The number of amides is 2. The molecule has 2 heterocycles. The molecule has 2 aromatic heterocycles. The number of hydrogen-bond acceptors (Lipinski definition) is 4. The molecule has 0 aliphatic heterocycles. The third-order valence-electron chi connectivity index (χ3n) is 3.48. The van der Waals surface area contributed by atoms with E-state index >= 15 is 0 Å². The highest BCUT2D eigenvalue weighted by Crippen LogP contribution is 2.35. The van der Waals surface area contributed by atoms with E-state index in [1.807, 2.05) is 24.3 Å². The van der Waals surface area contributed by atoms with E-state index in [9.17, 15) is 14.4 Å². The molecule has 0 aliphatic carbocycles. The average molecular weight is 388 g/mol. The van der Waals surface area contributed by atoms with Crippen LogP contribution in [0.4, 0.5) is 0 Å². The highest BCUT2D eigenvalue weighted by Gasteiger charge is 2.08. The number of thiophene rings is 1. The van der Waals surface area contributed by atoms with Gasteiger partial charge in [0.15, 0.2) is 0 Å². The molecule has 0 atom stereocenters. The van der Waals surface area contributed by atoms with Crippen LogP contribution >= 0.6 is 22.9 Å². The zero-order chi connectivity index (χ0) is 18.5. The number of halogens is 1. The SMILES string of the molecule is O=C(/C=C/c1sc2ccccc2c1Cl)NNC(=O)Cn1ccccc1=O. The molecule has 2 amide bonds. The summed E-state index contributed by atoms with van der Waals surface area (Å²) in [6.07, 6.45) is 4.37. The number of benzene rings is 1. The van der Waals surface area contributed by atoms with E-state index < -0.39 is 11.8 Å². The number of hydrazine groups is 1. The molecule has 3 aromatic rings. The van der Waals surface area contributed by atoms with Crippen LogP contribution in [0.25, 0.3) is 16.2 Å². The molecule has 3 rings (SSSR count). The van der Waals surface area contributed by atoms with Crippen molar-refractivity contribution in [2.45, 2.75) is 6.54 Å². The summed E-state index contributed by atoms with van der Waals surface area (Å²) in [6, 6.07) is 12.3. The summed E-state index contributed by atoms with van der Waals surface area (Å²) in [5.74, 6) is -1.02. The quantitative estimate of drug-likeness (QED) is 0.533. The van der Waals surface area contributed by atoms with Gasteiger partial charge in [-0.2, -0.15) is 0 Å². The standard InChI is InChI=1S/C18H14ClN3O3S/c19-18-12-5-1-2-6-13(12)26-14(18)8-9-15(23)20-21-16(24)11-22-10-4-3-7-17(22)25/h1-10H,11H2,(H,20,23)(H,21,24)/b9-8+. The predicted octanol–water partition coefficient (Wildman–Crippen LogP) is 2.58. The summed E-state index contributed by atoms with van der Waals surface area (Å²) >= 11 is 7.77. The van der Waals surface area contributed by atoms with Crippen molar-refractivity contribution in [3.05, 3.63) is 75.0 Å². The molecule has 0 bridgehead atoms. The van der Waals surface area contributed by atoms with Crippen LogP contribution in [-0.4, -0.2) is 16.4 Å². The van der Waals surface area contributed by atoms with Crippen LogP contribution in [0.1, 0.15) is 4.88 Å². The maximum absolute atomic E-state index is 11.8. The smallest absolute Gasteiger partial charge is 0.262 e. The van der Waals surface area contributed by atoms with Gasteiger partial charge in [0.1, 0.15) is 6.54 Å². The van der Waals surface area contributed by atoms with Gasteiger partial charge in [0, 0.05) is 33.3 Å². The van der Waals surface area contributed by atoms with Crippen molar-refractivity contribution in [1.29, 1.82) is 0 Å². The molecule has 0 unspecified atom stereocenters. The third-order valence-corrected chi connectivity index (χ3v) is 5.14. The molecule has 132 valence electrons. The minimum Gasteiger partial charge on any atom is -0.306 e. The Morgan fingerprint density at radius 1 is 1.12 bits per heavy atom. The van der Waals surface area contributed by atoms with Gasteiger partial charge in [0.2, 0.25) is 0 Å². The second-order valence-electron chi connectivity index (χ2n) is 5.31. The van der Waals surface area contributed by atoms with E-state index in [1.165, 1.54) is 34.2 Å². The van der Waals surface area contributed by atoms with Gasteiger partial charge in [-0.15, -0.1) is 11.3 Å². The van der Waals surface area contributed by atoms with Crippen LogP contribution in [0.3, 0.4) is 0 Å². The van der Waals surface area contributed by atoms with E-state index in [0.29, 0.717) is 5.02 Å². The van der Waals surface area contributed by atoms with Crippen LogP contribution in [0.5, 0.6) is 0 Å². The van der Waals surface area contributed by atoms with Gasteiger partial charge < -0.3 is 4.57 Å². The number of nitrogens with one attached hydrogen (secondary N) is 2. The van der Waals surface area contributed by atoms with Crippen LogP contribution in [0, 0.1) is 0 Å². The first-order valence-electron chi connectivity index (χ1n) is 7.64. The van der Waals surface area contributed by atoms with Gasteiger partial charge in [-0.25, -0.2) is 0 Å². The largest absolute Gasteiger partial charge is 0.306 e. The van der Waals surface area contributed by atoms with Gasteiger partial charge in [-0.3, -0.25) is 25.2 Å². The average Bonchev–Trinajstić information content (AvgIpc) is 2.96. The number of pyridine rings is 1. The molecule has 0 saturated carbocycles. The van der Waals surface area contributed by atoms with Crippen molar-refractivity contribution < 1.29 is 9.59 Å². The molecular formula is C18H14ClN3O3S. The van der Waals surface area contributed by atoms with E-state index in [1.54, 1.807) is 18.2 Å². The molecule has 0 fully saturated rings. The van der Waals surface area contributed by atoms with Crippen molar-refractivity contribution in [2.75, 3.05) is 0 Å². The summed E-state index contributed by atoms with van der Waals surface area (Å²) in [4.78, 5) is 35.9. The van der Waals surface area contributed by atoms with Crippen LogP contribution in [0.15, 0.2) is 59.5 Å². The minimum absolute atomic E-state index is 0.189. The van der Waals surface area contributed by atoms with Gasteiger partial charge in [-0.05, 0) is 18.2 Å². The topological polar surface area (TPSA) is 80.2 Å². The van der Waals surface area contributed by atoms with Gasteiger partial charge in [0.25, 0.3) is 17.4 Å². The maximum atomic E-state index is 11.8. The molecule has 2 N–H and O–H groups in total. The molecule has 0 radical (unpaired) electrons. The lowest BCUT2D eigenvalue weighted by Crippen LogP contribution is -2.43. The Labute approximate surface area is 157 Å². The minimum atomic E-state index is -0.514. The summed E-state index contributed by atoms with van der Waals surface area (Å²) in [5.41, 5.74) is 4.23. The van der Waals surface area contributed by atoms with E-state index in [0.717, 1.165) is 15.0 Å². The second-order valence-corrected chi connectivity index (χ2v) is 6.78. The Bertz CT molecular complexity index is 1060. The summed E-state index contributed by atoms with van der Waals surface area (Å²) in [6.45, 7) is -0.189. The fourth-order valence-electron chi connectivity index (χ4n) is 2.25. The molecular weight excluding hydrogens is 374 g/mol. The Morgan fingerprint density at radius 3 is 2.65 bits per heavy atom. The Hall–Kier alpha value is -2.90. The Morgan fingerprint density at radius 2 is 1.88 bits per heavy atom. The Kier molecular flexibility index (Phi) is 5.50. The number of carbonyl (C=O) groups is 2. The number of carbonyl (C=O) groups excluding carboxylic acids is 2. The zero-order valence-electron chi connectivity index (χ0n) is 13.4. The normalized spacial score (nSPS) is 11.0. The van der Waals surface area contributed by atoms with Crippen LogP contribution in [0.2, 0.25) is 5.02 Å². The number of aromatic nitrogens is 1. The molecule has 0 saturated heterocycles. The lowest BCUT2D eigenvalue weighted by atomic mass is 10.2. The van der Waals surface area contributed by atoms with Crippen LogP contribution < -0.4 is 16.4 Å². The molecule has 0 spiro atoms. The summed E-state index contributed by atoms with van der Waals surface area (Å²) in [7, 11) is 0. The summed E-state index contributed by atoms with van der Waals surface area (Å²) in [5, 5.41) is 1.52. The molecule has 0 aliphatic rings. The van der Waals surface area contributed by atoms with Crippen molar-refractivity contribution >= 4 is 50.9 Å². The van der Waals surface area contributed by atoms with Gasteiger partial charge >= 0.3 is 0 Å². The van der Waals surface area contributed by atoms with E-state index in [2.05, 4.69) is 10.9 Å². The molecule has 1 aromatic carbocycles. The van der Waals surface area contributed by atoms with Gasteiger partial charge in [-0.1, -0.05) is 35.9 Å². The summed E-state index contributed by atoms with van der Waals surface area (Å²) < 4.78 is 2.26. The first-order valence-corrected chi connectivity index (χ1v) is 8.83.